The number of carbonyl (C=O) groups excluding carboxylic acids is 1. The van der Waals surface area contributed by atoms with Gasteiger partial charge in [-0.3, -0.25) is 4.79 Å². The monoisotopic (exact) mass is 486 g/mol. The van der Waals surface area contributed by atoms with Crippen molar-refractivity contribution in [2.75, 3.05) is 0 Å². The zero-order chi connectivity index (χ0) is 19.1. The van der Waals surface area contributed by atoms with E-state index >= 15 is 0 Å². The summed E-state index contributed by atoms with van der Waals surface area (Å²) < 4.78 is 7.54. The second-order valence-corrected chi connectivity index (χ2v) is 7.43. The fourth-order valence-corrected chi connectivity index (χ4v) is 3.00. The summed E-state index contributed by atoms with van der Waals surface area (Å²) >= 11 is 6.76. The summed E-state index contributed by atoms with van der Waals surface area (Å²) in [5.41, 5.74) is 5.01. The number of halogens is 2. The first-order valence-corrected chi connectivity index (χ1v) is 9.76. The Kier molecular flexibility index (Phi) is 6.79. The van der Waals surface area contributed by atoms with Crippen LogP contribution in [-0.2, 0) is 6.61 Å². The first-order chi connectivity index (χ1) is 13.1. The highest BCUT2D eigenvalue weighted by Crippen LogP contribution is 2.16. The highest BCUT2D eigenvalue weighted by Gasteiger charge is 2.07. The van der Waals surface area contributed by atoms with E-state index < -0.39 is 0 Å². The van der Waals surface area contributed by atoms with Crippen LogP contribution >= 0.6 is 31.9 Å². The van der Waals surface area contributed by atoms with Crippen LogP contribution in [0.2, 0.25) is 0 Å². The Hall–Kier alpha value is -2.44. The summed E-state index contributed by atoms with van der Waals surface area (Å²) in [6, 6.07) is 22.7. The van der Waals surface area contributed by atoms with Crippen LogP contribution in [0, 0.1) is 0 Å². The van der Waals surface area contributed by atoms with Crippen molar-refractivity contribution in [1.82, 2.24) is 5.43 Å². The summed E-state index contributed by atoms with van der Waals surface area (Å²) in [5.74, 6) is 0.500. The molecule has 0 aromatic heterocycles. The topological polar surface area (TPSA) is 50.7 Å². The number of amides is 1. The van der Waals surface area contributed by atoms with Crippen LogP contribution in [0.4, 0.5) is 0 Å². The third-order valence-corrected chi connectivity index (χ3v) is 4.92. The molecule has 3 rings (SSSR count). The molecule has 0 saturated heterocycles. The van der Waals surface area contributed by atoms with Crippen molar-refractivity contribution in [2.45, 2.75) is 6.61 Å². The zero-order valence-electron chi connectivity index (χ0n) is 14.2. The molecule has 1 N–H and O–H groups in total. The number of carbonyl (C=O) groups is 1. The average Bonchev–Trinajstić information content (AvgIpc) is 2.69. The van der Waals surface area contributed by atoms with Crippen LogP contribution in [0.5, 0.6) is 5.75 Å². The first kappa shape index (κ1) is 19.3. The molecule has 0 saturated carbocycles. The summed E-state index contributed by atoms with van der Waals surface area (Å²) in [4.78, 5) is 12.1. The second kappa shape index (κ2) is 9.48. The number of benzene rings is 3. The molecule has 0 radical (unpaired) electrons. The van der Waals surface area contributed by atoms with Gasteiger partial charge in [-0.2, -0.15) is 5.10 Å². The van der Waals surface area contributed by atoms with E-state index in [2.05, 4.69) is 42.4 Å². The minimum absolute atomic E-state index is 0.270. The number of hydrogen-bond acceptors (Lipinski definition) is 3. The average molecular weight is 488 g/mol. The number of ether oxygens (including phenoxy) is 1. The molecule has 0 aliphatic carbocycles. The Morgan fingerprint density at radius 2 is 1.67 bits per heavy atom. The minimum Gasteiger partial charge on any atom is -0.489 e. The van der Waals surface area contributed by atoms with Crippen molar-refractivity contribution in [1.29, 1.82) is 0 Å². The van der Waals surface area contributed by atoms with Crippen LogP contribution in [-0.4, -0.2) is 12.1 Å². The van der Waals surface area contributed by atoms with Gasteiger partial charge in [0, 0.05) is 8.95 Å². The molecule has 136 valence electrons. The Morgan fingerprint density at radius 3 is 2.37 bits per heavy atom. The summed E-state index contributed by atoms with van der Waals surface area (Å²) in [7, 11) is 0. The van der Waals surface area contributed by atoms with E-state index in [1.165, 1.54) is 0 Å². The molecule has 3 aromatic rings. The predicted octanol–water partition coefficient (Wildman–Crippen LogP) is 5.55. The van der Waals surface area contributed by atoms with Crippen LogP contribution in [0.1, 0.15) is 21.5 Å². The predicted molar refractivity (Wildman–Crippen MR) is 114 cm³/mol. The molecule has 1 amide bonds. The van der Waals surface area contributed by atoms with E-state index in [0.29, 0.717) is 12.2 Å². The standard InChI is InChI=1S/C21H16Br2N2O2/c22-17-9-5-16(6-10-17)14-27-18-11-7-15(8-12-18)13-24-25-21(26)19-3-1-2-4-20(19)23/h1-13H,14H2,(H,25,26)/b24-13+. The van der Waals surface area contributed by atoms with Crippen molar-refractivity contribution in [3.63, 3.8) is 0 Å². The van der Waals surface area contributed by atoms with Crippen LogP contribution in [0.3, 0.4) is 0 Å². The van der Waals surface area contributed by atoms with Gasteiger partial charge >= 0.3 is 0 Å². The molecule has 0 fully saturated rings. The van der Waals surface area contributed by atoms with Gasteiger partial charge in [0.25, 0.3) is 5.91 Å². The molecule has 0 heterocycles. The normalized spacial score (nSPS) is 10.7. The molecule has 0 aliphatic heterocycles. The Balaban J connectivity index is 1.52. The van der Waals surface area contributed by atoms with Crippen LogP contribution in [0.15, 0.2) is 86.8 Å². The fraction of sp³-hybridized carbons (Fsp3) is 0.0476. The van der Waals surface area contributed by atoms with E-state index in [4.69, 9.17) is 4.74 Å². The molecular weight excluding hydrogens is 472 g/mol. The molecule has 0 aliphatic rings. The molecule has 27 heavy (non-hydrogen) atoms. The maximum atomic E-state index is 12.1. The first-order valence-electron chi connectivity index (χ1n) is 8.17. The summed E-state index contributed by atoms with van der Waals surface area (Å²) in [5, 5.41) is 4.00. The Labute approximate surface area is 174 Å². The van der Waals surface area contributed by atoms with Gasteiger partial charge in [0.2, 0.25) is 0 Å². The maximum absolute atomic E-state index is 12.1. The van der Waals surface area contributed by atoms with Crippen LogP contribution in [0.25, 0.3) is 0 Å². The second-order valence-electron chi connectivity index (χ2n) is 5.66. The number of rotatable bonds is 6. The van der Waals surface area contributed by atoms with E-state index in [1.54, 1.807) is 18.3 Å². The van der Waals surface area contributed by atoms with Gasteiger partial charge in [-0.25, -0.2) is 5.43 Å². The SMILES string of the molecule is O=C(N/N=C/c1ccc(OCc2ccc(Br)cc2)cc1)c1ccccc1Br. The molecule has 0 atom stereocenters. The van der Waals surface area contributed by atoms with E-state index in [-0.39, 0.29) is 5.91 Å². The van der Waals surface area contributed by atoms with E-state index in [1.807, 2.05) is 60.7 Å². The van der Waals surface area contributed by atoms with Gasteiger partial charge in [-0.15, -0.1) is 0 Å². The lowest BCUT2D eigenvalue weighted by Gasteiger charge is -2.06. The molecular formula is C21H16Br2N2O2. The number of nitrogens with zero attached hydrogens (tertiary/aromatic N) is 1. The quantitative estimate of drug-likeness (QED) is 0.365. The lowest BCUT2D eigenvalue weighted by atomic mass is 10.2. The third-order valence-electron chi connectivity index (χ3n) is 3.70. The zero-order valence-corrected chi connectivity index (χ0v) is 17.4. The highest BCUT2D eigenvalue weighted by atomic mass is 79.9. The molecule has 0 spiro atoms. The van der Waals surface area contributed by atoms with Gasteiger partial charge < -0.3 is 4.74 Å². The van der Waals surface area contributed by atoms with Gasteiger partial charge in [0.1, 0.15) is 12.4 Å². The number of hydrogen-bond donors (Lipinski definition) is 1. The Bertz CT molecular complexity index is 939. The summed E-state index contributed by atoms with van der Waals surface area (Å²) in [6.45, 7) is 0.503. The lowest BCUT2D eigenvalue weighted by Crippen LogP contribution is -2.18. The van der Waals surface area contributed by atoms with Gasteiger partial charge in [-0.1, -0.05) is 40.2 Å². The minimum atomic E-state index is -0.270. The molecule has 4 nitrogen and oxygen atoms in total. The van der Waals surface area contributed by atoms with Crippen molar-refractivity contribution >= 4 is 44.0 Å². The van der Waals surface area contributed by atoms with E-state index in [9.17, 15) is 4.79 Å². The van der Waals surface area contributed by atoms with E-state index in [0.717, 1.165) is 25.8 Å². The number of hydrazone groups is 1. The van der Waals surface area contributed by atoms with Crippen molar-refractivity contribution in [3.05, 3.63) is 98.4 Å². The van der Waals surface area contributed by atoms with Gasteiger partial charge in [0.15, 0.2) is 0 Å². The smallest absolute Gasteiger partial charge is 0.272 e. The number of nitrogens with one attached hydrogen (secondary N) is 1. The van der Waals surface area contributed by atoms with Gasteiger partial charge in [-0.05, 0) is 75.6 Å². The molecule has 0 bridgehead atoms. The molecule has 0 unspecified atom stereocenters. The fourth-order valence-electron chi connectivity index (χ4n) is 2.27. The third kappa shape index (κ3) is 5.77. The molecule has 6 heteroatoms. The van der Waals surface area contributed by atoms with Crippen LogP contribution < -0.4 is 10.2 Å². The largest absolute Gasteiger partial charge is 0.489 e. The van der Waals surface area contributed by atoms with Crippen molar-refractivity contribution in [3.8, 4) is 5.75 Å². The highest BCUT2D eigenvalue weighted by molar-refractivity contribution is 9.10. The molecule has 3 aromatic carbocycles. The maximum Gasteiger partial charge on any atom is 0.272 e. The Morgan fingerprint density at radius 1 is 0.963 bits per heavy atom. The van der Waals surface area contributed by atoms with Gasteiger partial charge in [0.05, 0.1) is 11.8 Å². The van der Waals surface area contributed by atoms with Crippen molar-refractivity contribution in [2.24, 2.45) is 5.10 Å². The lowest BCUT2D eigenvalue weighted by molar-refractivity contribution is 0.0954. The van der Waals surface area contributed by atoms with Crippen molar-refractivity contribution < 1.29 is 9.53 Å². The summed E-state index contributed by atoms with van der Waals surface area (Å²) in [6.07, 6.45) is 1.59.